The van der Waals surface area contributed by atoms with E-state index in [1.54, 1.807) is 0 Å². The number of hydrogen-bond acceptors (Lipinski definition) is 3. The molecule has 0 saturated heterocycles. The summed E-state index contributed by atoms with van der Waals surface area (Å²) in [7, 11) is 0. The van der Waals surface area contributed by atoms with Gasteiger partial charge in [-0.2, -0.15) is 0 Å². The average molecular weight is 211 g/mol. The van der Waals surface area contributed by atoms with Gasteiger partial charge < -0.3 is 4.52 Å². The Kier molecular flexibility index (Phi) is 6.58. The minimum atomic E-state index is -2.02. The van der Waals surface area contributed by atoms with Gasteiger partial charge in [0.05, 0.1) is 6.61 Å². The van der Waals surface area contributed by atoms with Crippen LogP contribution in [0.25, 0.3) is 0 Å². The van der Waals surface area contributed by atoms with Gasteiger partial charge in [0.2, 0.25) is 0 Å². The van der Waals surface area contributed by atoms with E-state index in [1.165, 1.54) is 11.4 Å². The van der Waals surface area contributed by atoms with Crippen LogP contribution in [-0.2, 0) is 16.3 Å². The van der Waals surface area contributed by atoms with Crippen LogP contribution in [0.4, 0.5) is 0 Å². The molecule has 1 atom stereocenters. The van der Waals surface area contributed by atoms with Gasteiger partial charge in [-0.05, 0) is 25.2 Å². The molecule has 0 bridgehead atoms. The molecule has 2 nitrogen and oxygen atoms in total. The molecule has 0 aromatic heterocycles. The third-order valence-electron chi connectivity index (χ3n) is 0.902. The Morgan fingerprint density at radius 3 is 2.91 bits per heavy atom. The Morgan fingerprint density at radius 1 is 1.82 bits per heavy atom. The van der Waals surface area contributed by atoms with Crippen molar-refractivity contribution in [2.75, 3.05) is 12.4 Å². The second-order valence-electron chi connectivity index (χ2n) is 1.87. The second-order valence-corrected chi connectivity index (χ2v) is 8.60. The SMILES string of the molecule is C=CCCSP(N)(=S)OCC. The highest BCUT2D eigenvalue weighted by molar-refractivity contribution is 8.68. The zero-order chi connectivity index (χ0) is 8.74. The molecule has 0 rings (SSSR count). The number of nitrogens with two attached hydrogens (primary N) is 1. The lowest BCUT2D eigenvalue weighted by molar-refractivity contribution is 0.385. The van der Waals surface area contributed by atoms with E-state index < -0.39 is 5.62 Å². The van der Waals surface area contributed by atoms with Gasteiger partial charge in [-0.25, -0.2) is 0 Å². The maximum atomic E-state index is 5.70. The Balaban J connectivity index is 3.54. The summed E-state index contributed by atoms with van der Waals surface area (Å²) in [5.41, 5.74) is 3.68. The van der Waals surface area contributed by atoms with E-state index in [0.717, 1.165) is 12.2 Å². The molecule has 0 saturated carbocycles. The maximum absolute atomic E-state index is 5.70. The molecule has 1 unspecified atom stereocenters. The average Bonchev–Trinajstić information content (AvgIpc) is 1.87. The minimum Gasteiger partial charge on any atom is -0.331 e. The summed E-state index contributed by atoms with van der Waals surface area (Å²) in [4.78, 5) is 0. The van der Waals surface area contributed by atoms with E-state index in [9.17, 15) is 0 Å². The second kappa shape index (κ2) is 6.21. The lowest BCUT2D eigenvalue weighted by atomic mass is 10.5. The Hall–Kier alpha value is 0.660. The molecule has 0 amide bonds. The third kappa shape index (κ3) is 7.04. The van der Waals surface area contributed by atoms with Crippen molar-refractivity contribution in [3.63, 3.8) is 0 Å². The van der Waals surface area contributed by atoms with E-state index >= 15 is 0 Å². The van der Waals surface area contributed by atoms with Crippen LogP contribution >= 0.6 is 17.0 Å². The van der Waals surface area contributed by atoms with Crippen molar-refractivity contribution in [1.82, 2.24) is 0 Å². The van der Waals surface area contributed by atoms with Crippen molar-refractivity contribution in [3.05, 3.63) is 12.7 Å². The third-order valence-corrected chi connectivity index (χ3v) is 5.51. The van der Waals surface area contributed by atoms with Crippen LogP contribution in [-0.4, -0.2) is 12.4 Å². The van der Waals surface area contributed by atoms with Gasteiger partial charge in [-0.3, -0.25) is 5.50 Å². The molecule has 0 aromatic carbocycles. The fourth-order valence-electron chi connectivity index (χ4n) is 0.480. The molecule has 0 heterocycles. The first kappa shape index (κ1) is 11.7. The van der Waals surface area contributed by atoms with Crippen LogP contribution in [0.3, 0.4) is 0 Å². The van der Waals surface area contributed by atoms with Gasteiger partial charge in [0.25, 0.3) is 0 Å². The van der Waals surface area contributed by atoms with Crippen LogP contribution in [0.15, 0.2) is 12.7 Å². The molecule has 66 valence electrons. The fraction of sp³-hybridized carbons (Fsp3) is 0.667. The van der Waals surface area contributed by atoms with Gasteiger partial charge >= 0.3 is 0 Å². The summed E-state index contributed by atoms with van der Waals surface area (Å²) in [5.74, 6) is 0.914. The summed E-state index contributed by atoms with van der Waals surface area (Å²) < 4.78 is 5.21. The monoisotopic (exact) mass is 211 g/mol. The Labute approximate surface area is 77.5 Å². The van der Waals surface area contributed by atoms with Crippen molar-refractivity contribution in [1.29, 1.82) is 0 Å². The number of hydrogen-bond donors (Lipinski definition) is 1. The van der Waals surface area contributed by atoms with E-state index in [0.29, 0.717) is 6.61 Å². The number of rotatable bonds is 6. The van der Waals surface area contributed by atoms with Crippen molar-refractivity contribution in [3.8, 4) is 0 Å². The van der Waals surface area contributed by atoms with Crippen molar-refractivity contribution in [2.45, 2.75) is 13.3 Å². The largest absolute Gasteiger partial charge is 0.331 e. The molecule has 0 aliphatic rings. The lowest BCUT2D eigenvalue weighted by Crippen LogP contribution is -1.95. The zero-order valence-electron chi connectivity index (χ0n) is 6.66. The molecule has 0 aliphatic carbocycles. The molecule has 0 fully saturated rings. The van der Waals surface area contributed by atoms with Crippen molar-refractivity contribution in [2.24, 2.45) is 5.50 Å². The summed E-state index contributed by atoms with van der Waals surface area (Å²) in [6, 6.07) is 0. The van der Waals surface area contributed by atoms with Crippen LogP contribution in [0.5, 0.6) is 0 Å². The Morgan fingerprint density at radius 2 is 2.45 bits per heavy atom. The van der Waals surface area contributed by atoms with Crippen LogP contribution < -0.4 is 5.50 Å². The first-order chi connectivity index (χ1) is 5.12. The van der Waals surface area contributed by atoms with Crippen LogP contribution in [0.1, 0.15) is 13.3 Å². The maximum Gasteiger partial charge on any atom is 0.183 e. The van der Waals surface area contributed by atoms with E-state index in [2.05, 4.69) is 6.58 Å². The van der Waals surface area contributed by atoms with Gasteiger partial charge in [0.15, 0.2) is 5.62 Å². The van der Waals surface area contributed by atoms with E-state index in [4.69, 9.17) is 21.8 Å². The highest BCUT2D eigenvalue weighted by Gasteiger charge is 2.09. The molecule has 11 heavy (non-hydrogen) atoms. The van der Waals surface area contributed by atoms with Gasteiger partial charge in [-0.1, -0.05) is 17.5 Å². The smallest absolute Gasteiger partial charge is 0.183 e. The van der Waals surface area contributed by atoms with E-state index in [1.807, 2.05) is 13.0 Å². The summed E-state index contributed by atoms with van der Waals surface area (Å²) in [5, 5.41) is 0. The lowest BCUT2D eigenvalue weighted by Gasteiger charge is -2.13. The topological polar surface area (TPSA) is 35.2 Å². The predicted molar refractivity (Wildman–Crippen MR) is 57.4 cm³/mol. The van der Waals surface area contributed by atoms with Crippen molar-refractivity contribution >= 4 is 28.8 Å². The highest BCUT2D eigenvalue weighted by atomic mass is 32.9. The normalized spacial score (nSPS) is 15.8. The molecule has 5 heteroatoms. The minimum absolute atomic E-state index is 0.606. The first-order valence-electron chi connectivity index (χ1n) is 3.41. The molecule has 2 N–H and O–H groups in total. The predicted octanol–water partition coefficient (Wildman–Crippen LogP) is 2.52. The molecular weight excluding hydrogens is 197 g/mol. The summed E-state index contributed by atoms with van der Waals surface area (Å²) in [6.45, 7) is 6.12. The first-order valence-corrected chi connectivity index (χ1v) is 7.79. The molecule has 0 aromatic rings. The molecular formula is C6H14NOPS2. The highest BCUT2D eigenvalue weighted by Crippen LogP contribution is 2.52. The van der Waals surface area contributed by atoms with Gasteiger partial charge in [0, 0.05) is 5.75 Å². The fourth-order valence-corrected chi connectivity index (χ4v) is 4.05. The zero-order valence-corrected chi connectivity index (χ0v) is 9.18. The summed E-state index contributed by atoms with van der Waals surface area (Å²) >= 11 is 6.59. The number of allylic oxidation sites excluding steroid dienone is 1. The van der Waals surface area contributed by atoms with Crippen LogP contribution in [0, 0.1) is 0 Å². The van der Waals surface area contributed by atoms with E-state index in [-0.39, 0.29) is 0 Å². The van der Waals surface area contributed by atoms with Gasteiger partial charge in [0.1, 0.15) is 0 Å². The molecule has 0 aliphatic heterocycles. The van der Waals surface area contributed by atoms with Crippen LogP contribution in [0.2, 0.25) is 0 Å². The van der Waals surface area contributed by atoms with Crippen molar-refractivity contribution < 1.29 is 4.52 Å². The molecule has 0 radical (unpaired) electrons. The van der Waals surface area contributed by atoms with Gasteiger partial charge in [-0.15, -0.1) is 6.58 Å². The standard InChI is InChI=1S/C6H14NOPS2/c1-3-5-6-11-9(7,10)8-4-2/h3H,1,4-6H2,2H3,(H2,7,10). The Bertz CT molecular complexity index is 163. The molecule has 0 spiro atoms. The summed E-state index contributed by atoms with van der Waals surface area (Å²) in [6.07, 6.45) is 2.79. The quantitative estimate of drug-likeness (QED) is 0.416.